The Hall–Kier alpha value is -3.77. The maximum absolute atomic E-state index is 13.7. The minimum absolute atomic E-state index is 0.262. The normalized spacial score (nSPS) is 11.9. The number of H-pyrrole nitrogens is 1. The van der Waals surface area contributed by atoms with Crippen LogP contribution in [0.25, 0.3) is 26.7 Å². The monoisotopic (exact) mass is 397 g/mol. The Morgan fingerprint density at radius 2 is 1.45 bits per heavy atom. The summed E-state index contributed by atoms with van der Waals surface area (Å²) in [5, 5.41) is 1.13. The molecule has 5 rings (SSSR count). The first-order valence-corrected chi connectivity index (χ1v) is 9.90. The Morgan fingerprint density at radius 1 is 0.793 bits per heavy atom. The minimum Gasteiger partial charge on any atom is -0.321 e. The van der Waals surface area contributed by atoms with E-state index in [0.29, 0.717) is 31.8 Å². The standard InChI is InChI=1S/C23H15N3O2S/c27-21-20-19(17-13-7-8-14-18(17)25-21)22(28)26(16-11-5-2-6-12-16)23(29-20)24-15-9-3-1-4-10-15/h1-14H,(H,25,27). The summed E-state index contributed by atoms with van der Waals surface area (Å²) >= 11 is 1.21. The first-order chi connectivity index (χ1) is 14.2. The highest BCUT2D eigenvalue weighted by Crippen LogP contribution is 2.20. The summed E-state index contributed by atoms with van der Waals surface area (Å²) in [6.45, 7) is 0. The molecule has 0 aliphatic carbocycles. The summed E-state index contributed by atoms with van der Waals surface area (Å²) < 4.78 is 1.95. The lowest BCUT2D eigenvalue weighted by molar-refractivity contribution is 0.956. The largest absolute Gasteiger partial charge is 0.321 e. The van der Waals surface area contributed by atoms with Gasteiger partial charge in [0.15, 0.2) is 4.80 Å². The molecule has 0 amide bonds. The van der Waals surface area contributed by atoms with Crippen LogP contribution in [0, 0.1) is 0 Å². The van der Waals surface area contributed by atoms with E-state index in [1.54, 1.807) is 10.6 Å². The van der Waals surface area contributed by atoms with Crippen molar-refractivity contribution in [2.24, 2.45) is 4.99 Å². The molecule has 0 saturated heterocycles. The van der Waals surface area contributed by atoms with Crippen LogP contribution in [0.2, 0.25) is 0 Å². The number of hydrogen-bond acceptors (Lipinski definition) is 4. The summed E-state index contributed by atoms with van der Waals surface area (Å²) in [6.07, 6.45) is 0. The molecule has 2 aromatic heterocycles. The zero-order valence-corrected chi connectivity index (χ0v) is 16.0. The van der Waals surface area contributed by atoms with Crippen molar-refractivity contribution in [3.63, 3.8) is 0 Å². The minimum atomic E-state index is -0.287. The van der Waals surface area contributed by atoms with Crippen molar-refractivity contribution in [3.8, 4) is 5.69 Å². The molecule has 1 N–H and O–H groups in total. The van der Waals surface area contributed by atoms with Crippen molar-refractivity contribution in [3.05, 3.63) is 110 Å². The Labute approximate surface area is 168 Å². The first kappa shape index (κ1) is 17.3. The fourth-order valence-electron chi connectivity index (χ4n) is 3.36. The zero-order valence-electron chi connectivity index (χ0n) is 15.2. The Morgan fingerprint density at radius 3 is 2.21 bits per heavy atom. The van der Waals surface area contributed by atoms with Crippen molar-refractivity contribution in [1.82, 2.24) is 9.55 Å². The lowest BCUT2D eigenvalue weighted by Crippen LogP contribution is -2.31. The average molecular weight is 397 g/mol. The topological polar surface area (TPSA) is 67.2 Å². The van der Waals surface area contributed by atoms with E-state index in [0.717, 1.165) is 5.39 Å². The van der Waals surface area contributed by atoms with Crippen LogP contribution in [0.15, 0.2) is 99.5 Å². The van der Waals surface area contributed by atoms with E-state index in [1.165, 1.54) is 11.3 Å². The van der Waals surface area contributed by atoms with E-state index in [4.69, 9.17) is 0 Å². The lowest BCUT2D eigenvalue weighted by atomic mass is 10.1. The molecule has 0 atom stereocenters. The molecule has 0 fully saturated rings. The number of para-hydroxylation sites is 3. The number of fused-ring (bicyclic) bond motifs is 3. The van der Waals surface area contributed by atoms with Crippen molar-refractivity contribution >= 4 is 38.0 Å². The van der Waals surface area contributed by atoms with E-state index >= 15 is 0 Å². The summed E-state index contributed by atoms with van der Waals surface area (Å²) in [7, 11) is 0. The van der Waals surface area contributed by atoms with Gasteiger partial charge in [-0.25, -0.2) is 4.99 Å². The number of hydrogen-bond donors (Lipinski definition) is 1. The molecule has 0 bridgehead atoms. The van der Waals surface area contributed by atoms with Crippen molar-refractivity contribution in [2.45, 2.75) is 0 Å². The van der Waals surface area contributed by atoms with Crippen molar-refractivity contribution in [1.29, 1.82) is 0 Å². The van der Waals surface area contributed by atoms with E-state index in [2.05, 4.69) is 9.98 Å². The average Bonchev–Trinajstić information content (AvgIpc) is 2.75. The number of benzene rings is 3. The van der Waals surface area contributed by atoms with Crippen LogP contribution in [0.4, 0.5) is 5.69 Å². The highest BCUT2D eigenvalue weighted by molar-refractivity contribution is 7.16. The summed E-state index contributed by atoms with van der Waals surface area (Å²) in [4.78, 5) is 34.4. The molecule has 5 nitrogen and oxygen atoms in total. The van der Waals surface area contributed by atoms with E-state index in [-0.39, 0.29) is 11.1 Å². The number of pyridine rings is 1. The van der Waals surface area contributed by atoms with Gasteiger partial charge in [0.25, 0.3) is 11.1 Å². The van der Waals surface area contributed by atoms with E-state index in [9.17, 15) is 9.59 Å². The summed E-state index contributed by atoms with van der Waals surface area (Å²) in [6, 6.07) is 26.1. The number of nitrogens with zero attached hydrogens (tertiary/aromatic N) is 2. The van der Waals surface area contributed by atoms with Crippen LogP contribution in [0.3, 0.4) is 0 Å². The van der Waals surface area contributed by atoms with Crippen molar-refractivity contribution < 1.29 is 0 Å². The third-order valence-corrected chi connectivity index (χ3v) is 5.72. The second-order valence-electron chi connectivity index (χ2n) is 6.51. The molecule has 3 aromatic carbocycles. The predicted octanol–water partition coefficient (Wildman–Crippen LogP) is 4.13. The first-order valence-electron chi connectivity index (χ1n) is 9.08. The summed E-state index contributed by atoms with van der Waals surface area (Å²) in [5.41, 5.74) is 1.51. The maximum atomic E-state index is 13.7. The van der Waals surface area contributed by atoms with Gasteiger partial charge in [-0.1, -0.05) is 65.9 Å². The Kier molecular flexibility index (Phi) is 4.18. The molecule has 0 saturated carbocycles. The van der Waals surface area contributed by atoms with Crippen LogP contribution >= 0.6 is 11.3 Å². The molecule has 0 spiro atoms. The molecule has 6 heteroatoms. The van der Waals surface area contributed by atoms with E-state index < -0.39 is 0 Å². The smallest absolute Gasteiger partial charge is 0.266 e. The van der Waals surface area contributed by atoms with Gasteiger partial charge in [0.2, 0.25) is 0 Å². The van der Waals surface area contributed by atoms with Gasteiger partial charge >= 0.3 is 0 Å². The maximum Gasteiger partial charge on any atom is 0.266 e. The van der Waals surface area contributed by atoms with Crippen LogP contribution in [0.1, 0.15) is 0 Å². The van der Waals surface area contributed by atoms with Crippen LogP contribution < -0.4 is 15.9 Å². The fraction of sp³-hybridized carbons (Fsp3) is 0. The third-order valence-electron chi connectivity index (χ3n) is 4.67. The Balaban J connectivity index is 2.01. The van der Waals surface area contributed by atoms with Crippen LogP contribution in [0.5, 0.6) is 0 Å². The molecule has 0 aliphatic heterocycles. The molecule has 5 aromatic rings. The lowest BCUT2D eigenvalue weighted by Gasteiger charge is -2.09. The number of rotatable bonds is 2. The quantitative estimate of drug-likeness (QED) is 0.455. The van der Waals surface area contributed by atoms with Gasteiger partial charge in [-0.3, -0.25) is 14.2 Å². The van der Waals surface area contributed by atoms with E-state index in [1.807, 2.05) is 78.9 Å². The van der Waals surface area contributed by atoms with Crippen LogP contribution in [-0.2, 0) is 0 Å². The second-order valence-corrected chi connectivity index (χ2v) is 7.49. The second kappa shape index (κ2) is 7.00. The van der Waals surface area contributed by atoms with Gasteiger partial charge in [-0.2, -0.15) is 0 Å². The highest BCUT2D eigenvalue weighted by Gasteiger charge is 2.15. The Bertz CT molecular complexity index is 1530. The SMILES string of the molecule is O=c1[nH]c2ccccc2c2c(=O)n(-c3ccccc3)c(=Nc3ccccc3)sc12. The molecule has 2 heterocycles. The number of nitrogens with one attached hydrogen (secondary N) is 1. The third kappa shape index (κ3) is 2.99. The summed E-state index contributed by atoms with van der Waals surface area (Å²) in [5.74, 6) is 0. The van der Waals surface area contributed by atoms with Crippen molar-refractivity contribution in [2.75, 3.05) is 0 Å². The molecule has 29 heavy (non-hydrogen) atoms. The van der Waals surface area contributed by atoms with Crippen LogP contribution in [-0.4, -0.2) is 9.55 Å². The number of aromatic nitrogens is 2. The van der Waals surface area contributed by atoms with Gasteiger partial charge in [0.1, 0.15) is 4.70 Å². The predicted molar refractivity (Wildman–Crippen MR) is 117 cm³/mol. The molecular formula is C23H15N3O2S. The molecule has 140 valence electrons. The van der Waals surface area contributed by atoms with Gasteiger partial charge in [-0.05, 0) is 30.3 Å². The van der Waals surface area contributed by atoms with Gasteiger partial charge in [0.05, 0.1) is 16.8 Å². The highest BCUT2D eigenvalue weighted by atomic mass is 32.1. The molecule has 0 aliphatic rings. The fourth-order valence-corrected chi connectivity index (χ4v) is 4.42. The molecule has 0 radical (unpaired) electrons. The van der Waals surface area contributed by atoms with Gasteiger partial charge in [-0.15, -0.1) is 0 Å². The van der Waals surface area contributed by atoms with Gasteiger partial charge < -0.3 is 4.98 Å². The molecule has 0 unspecified atom stereocenters. The van der Waals surface area contributed by atoms with Gasteiger partial charge in [0, 0.05) is 10.9 Å². The number of aromatic amines is 1. The zero-order chi connectivity index (χ0) is 19.8. The molecular weight excluding hydrogens is 382 g/mol.